The van der Waals surface area contributed by atoms with Gasteiger partial charge < -0.3 is 20.4 Å². The number of amidine groups is 1. The topological polar surface area (TPSA) is 77.1 Å². The molecule has 0 radical (unpaired) electrons. The van der Waals surface area contributed by atoms with E-state index in [9.17, 15) is 0 Å². The van der Waals surface area contributed by atoms with Gasteiger partial charge in [-0.15, -0.1) is 0 Å². The molecule has 1 aromatic carbocycles. The number of rotatable bonds is 6. The summed E-state index contributed by atoms with van der Waals surface area (Å²) in [6, 6.07) is 5.51. The summed E-state index contributed by atoms with van der Waals surface area (Å²) >= 11 is 0. The van der Waals surface area contributed by atoms with E-state index in [1.54, 1.807) is 6.07 Å². The van der Waals surface area contributed by atoms with E-state index >= 15 is 0 Å². The van der Waals surface area contributed by atoms with Gasteiger partial charge in [0.1, 0.15) is 11.9 Å². The SMILES string of the molecule is CCOCC(C)Oc1cc(C)ccc1/C(N)=N/O. The Morgan fingerprint density at radius 3 is 2.83 bits per heavy atom. The van der Waals surface area contributed by atoms with Crippen molar-refractivity contribution in [1.29, 1.82) is 0 Å². The summed E-state index contributed by atoms with van der Waals surface area (Å²) in [6.45, 7) is 6.94. The van der Waals surface area contributed by atoms with Gasteiger partial charge in [0.25, 0.3) is 0 Å². The Bertz CT molecular complexity index is 419. The molecule has 5 nitrogen and oxygen atoms in total. The summed E-state index contributed by atoms with van der Waals surface area (Å²) in [5.74, 6) is 0.631. The van der Waals surface area contributed by atoms with E-state index in [4.69, 9.17) is 20.4 Å². The quantitative estimate of drug-likeness (QED) is 0.351. The molecule has 18 heavy (non-hydrogen) atoms. The van der Waals surface area contributed by atoms with Gasteiger partial charge in [0.15, 0.2) is 5.84 Å². The van der Waals surface area contributed by atoms with Crippen molar-refractivity contribution in [2.45, 2.75) is 26.9 Å². The van der Waals surface area contributed by atoms with Crippen LogP contribution in [0.4, 0.5) is 0 Å². The van der Waals surface area contributed by atoms with E-state index in [0.717, 1.165) is 5.56 Å². The molecule has 0 aliphatic rings. The molecule has 1 unspecified atom stereocenters. The highest BCUT2D eigenvalue weighted by molar-refractivity contribution is 5.99. The minimum atomic E-state index is -0.100. The standard InChI is InChI=1S/C13H20N2O3/c1-4-17-8-10(3)18-12-7-9(2)5-6-11(12)13(14)15-16/h5-7,10,16H,4,8H2,1-3H3,(H2,14,15). The first-order valence-electron chi connectivity index (χ1n) is 5.91. The third-order valence-corrected chi connectivity index (χ3v) is 2.41. The summed E-state index contributed by atoms with van der Waals surface area (Å²) in [5.41, 5.74) is 7.23. The summed E-state index contributed by atoms with van der Waals surface area (Å²) in [5, 5.41) is 11.7. The maximum atomic E-state index is 8.74. The van der Waals surface area contributed by atoms with Crippen molar-refractivity contribution in [2.24, 2.45) is 10.9 Å². The van der Waals surface area contributed by atoms with E-state index in [0.29, 0.717) is 24.5 Å². The van der Waals surface area contributed by atoms with Gasteiger partial charge in [-0.1, -0.05) is 11.2 Å². The van der Waals surface area contributed by atoms with Crippen molar-refractivity contribution >= 4 is 5.84 Å². The zero-order chi connectivity index (χ0) is 13.5. The van der Waals surface area contributed by atoms with Crippen molar-refractivity contribution in [3.05, 3.63) is 29.3 Å². The average molecular weight is 252 g/mol. The first-order chi connectivity index (χ1) is 8.58. The number of ether oxygens (including phenoxy) is 2. The molecule has 1 atom stereocenters. The lowest BCUT2D eigenvalue weighted by atomic mass is 10.1. The molecular weight excluding hydrogens is 232 g/mol. The number of oxime groups is 1. The molecule has 0 saturated heterocycles. The summed E-state index contributed by atoms with van der Waals surface area (Å²) in [7, 11) is 0. The lowest BCUT2D eigenvalue weighted by Gasteiger charge is -2.17. The predicted octanol–water partition coefficient (Wildman–Crippen LogP) is 1.89. The molecule has 0 aromatic heterocycles. The van der Waals surface area contributed by atoms with Gasteiger partial charge in [-0.2, -0.15) is 0 Å². The Kier molecular flexibility index (Phi) is 5.45. The minimum absolute atomic E-state index is 0.0357. The highest BCUT2D eigenvalue weighted by Gasteiger charge is 2.12. The van der Waals surface area contributed by atoms with Crippen LogP contribution < -0.4 is 10.5 Å². The fraction of sp³-hybridized carbons (Fsp3) is 0.462. The first-order valence-corrected chi connectivity index (χ1v) is 5.91. The average Bonchev–Trinajstić information content (AvgIpc) is 2.35. The van der Waals surface area contributed by atoms with E-state index in [2.05, 4.69) is 5.16 Å². The Hall–Kier alpha value is -1.75. The number of hydrogen-bond acceptors (Lipinski definition) is 4. The van der Waals surface area contributed by atoms with Crippen LogP contribution in [-0.4, -0.2) is 30.4 Å². The molecular formula is C13H20N2O3. The lowest BCUT2D eigenvalue weighted by molar-refractivity contribution is 0.0656. The first kappa shape index (κ1) is 14.3. The molecule has 0 aliphatic carbocycles. The molecule has 0 heterocycles. The Balaban J connectivity index is 2.88. The molecule has 0 aliphatic heterocycles. The van der Waals surface area contributed by atoms with Crippen molar-refractivity contribution in [2.75, 3.05) is 13.2 Å². The van der Waals surface area contributed by atoms with Gasteiger partial charge in [-0.3, -0.25) is 0 Å². The number of aryl methyl sites for hydroxylation is 1. The highest BCUT2D eigenvalue weighted by Crippen LogP contribution is 2.21. The zero-order valence-electron chi connectivity index (χ0n) is 11.0. The number of benzene rings is 1. The normalized spacial score (nSPS) is 13.4. The molecule has 100 valence electrons. The molecule has 0 fully saturated rings. The summed E-state index contributed by atoms with van der Waals surface area (Å²) < 4.78 is 11.0. The van der Waals surface area contributed by atoms with Crippen LogP contribution in [0.5, 0.6) is 5.75 Å². The number of nitrogens with two attached hydrogens (primary N) is 1. The van der Waals surface area contributed by atoms with Crippen LogP contribution in [0.1, 0.15) is 25.0 Å². The molecule has 3 N–H and O–H groups in total. The maximum Gasteiger partial charge on any atom is 0.173 e. The van der Waals surface area contributed by atoms with Crippen LogP contribution in [0.3, 0.4) is 0 Å². The second kappa shape index (κ2) is 6.86. The second-order valence-corrected chi connectivity index (χ2v) is 4.07. The van der Waals surface area contributed by atoms with Crippen molar-refractivity contribution in [1.82, 2.24) is 0 Å². The Morgan fingerprint density at radius 1 is 1.50 bits per heavy atom. The Morgan fingerprint density at radius 2 is 2.22 bits per heavy atom. The molecule has 0 bridgehead atoms. The van der Waals surface area contributed by atoms with Gasteiger partial charge in [0, 0.05) is 6.61 Å². The smallest absolute Gasteiger partial charge is 0.173 e. The van der Waals surface area contributed by atoms with E-state index < -0.39 is 0 Å². The molecule has 5 heteroatoms. The second-order valence-electron chi connectivity index (χ2n) is 4.07. The van der Waals surface area contributed by atoms with Crippen LogP contribution >= 0.6 is 0 Å². The third kappa shape index (κ3) is 3.92. The molecule has 0 saturated carbocycles. The fourth-order valence-corrected chi connectivity index (χ4v) is 1.53. The van der Waals surface area contributed by atoms with Crippen LogP contribution in [0.25, 0.3) is 0 Å². The largest absolute Gasteiger partial charge is 0.488 e. The molecule has 1 aromatic rings. The molecule has 1 rings (SSSR count). The predicted molar refractivity (Wildman–Crippen MR) is 70.3 cm³/mol. The van der Waals surface area contributed by atoms with E-state index in [-0.39, 0.29) is 11.9 Å². The van der Waals surface area contributed by atoms with Crippen LogP contribution in [0, 0.1) is 6.92 Å². The van der Waals surface area contributed by atoms with Crippen LogP contribution in [-0.2, 0) is 4.74 Å². The monoisotopic (exact) mass is 252 g/mol. The fourth-order valence-electron chi connectivity index (χ4n) is 1.53. The van der Waals surface area contributed by atoms with Gasteiger partial charge in [0.2, 0.25) is 0 Å². The molecule has 0 amide bonds. The summed E-state index contributed by atoms with van der Waals surface area (Å²) in [4.78, 5) is 0. The van der Waals surface area contributed by atoms with Crippen molar-refractivity contribution in [3.8, 4) is 5.75 Å². The minimum Gasteiger partial charge on any atom is -0.488 e. The number of hydrogen-bond donors (Lipinski definition) is 2. The zero-order valence-corrected chi connectivity index (χ0v) is 11.0. The molecule has 0 spiro atoms. The van der Waals surface area contributed by atoms with Crippen LogP contribution in [0.15, 0.2) is 23.4 Å². The van der Waals surface area contributed by atoms with Crippen LogP contribution in [0.2, 0.25) is 0 Å². The Labute approximate surface area is 107 Å². The maximum absolute atomic E-state index is 8.74. The van der Waals surface area contributed by atoms with Gasteiger partial charge >= 0.3 is 0 Å². The van der Waals surface area contributed by atoms with E-state index in [1.807, 2.05) is 32.9 Å². The lowest BCUT2D eigenvalue weighted by Crippen LogP contribution is -2.22. The van der Waals surface area contributed by atoms with Gasteiger partial charge in [-0.05, 0) is 38.5 Å². The van der Waals surface area contributed by atoms with Gasteiger partial charge in [0.05, 0.1) is 12.2 Å². The highest BCUT2D eigenvalue weighted by atomic mass is 16.5. The summed E-state index contributed by atoms with van der Waals surface area (Å²) in [6.07, 6.45) is -0.100. The van der Waals surface area contributed by atoms with Gasteiger partial charge in [-0.25, -0.2) is 0 Å². The number of nitrogens with zero attached hydrogens (tertiary/aromatic N) is 1. The van der Waals surface area contributed by atoms with Crippen molar-refractivity contribution in [3.63, 3.8) is 0 Å². The van der Waals surface area contributed by atoms with E-state index in [1.165, 1.54) is 0 Å². The van der Waals surface area contributed by atoms with Crippen molar-refractivity contribution < 1.29 is 14.7 Å². The third-order valence-electron chi connectivity index (χ3n) is 2.41.